The molecule has 0 aliphatic carbocycles. The van der Waals surface area contributed by atoms with Gasteiger partial charge in [-0.05, 0) is 26.3 Å². The Kier molecular flexibility index (Phi) is 5.23. The molecule has 31 heavy (non-hydrogen) atoms. The molecule has 0 spiro atoms. The van der Waals surface area contributed by atoms with Crippen molar-refractivity contribution in [3.05, 3.63) is 17.4 Å². The maximum Gasteiger partial charge on any atom is 0.416 e. The highest BCUT2D eigenvalue weighted by molar-refractivity contribution is 6.00. The summed E-state index contributed by atoms with van der Waals surface area (Å²) in [5.74, 6) is -0.310. The molecule has 9 nitrogen and oxygen atoms in total. The zero-order valence-electron chi connectivity index (χ0n) is 17.8. The van der Waals surface area contributed by atoms with Gasteiger partial charge in [0.2, 0.25) is 5.58 Å². The normalized spacial score (nSPS) is 27.5. The molecular weight excluding hydrogens is 409 g/mol. The van der Waals surface area contributed by atoms with E-state index in [-0.39, 0.29) is 29.7 Å². The number of fused-ring (bicyclic) bond motifs is 1. The molecule has 0 bridgehead atoms. The van der Waals surface area contributed by atoms with Gasteiger partial charge in [-0.15, -0.1) is 0 Å². The molecule has 1 aromatic heterocycles. The number of ether oxygens (including phenoxy) is 4. The van der Waals surface area contributed by atoms with Crippen LogP contribution < -0.4 is 9.80 Å². The maximum atomic E-state index is 15.9. The first-order chi connectivity index (χ1) is 15.0. The van der Waals surface area contributed by atoms with Crippen LogP contribution in [-0.2, 0) is 18.9 Å². The molecule has 168 valence electrons. The second-order valence-corrected chi connectivity index (χ2v) is 8.27. The van der Waals surface area contributed by atoms with Gasteiger partial charge in [0.25, 0.3) is 0 Å². The molecule has 4 heterocycles. The summed E-state index contributed by atoms with van der Waals surface area (Å²) in [6, 6.07) is 1.76. The zero-order chi connectivity index (χ0) is 21.7. The summed E-state index contributed by atoms with van der Waals surface area (Å²) in [6.45, 7) is 8.07. The number of rotatable bonds is 4. The van der Waals surface area contributed by atoms with Gasteiger partial charge in [0.15, 0.2) is 17.9 Å². The molecule has 5 rings (SSSR count). The van der Waals surface area contributed by atoms with Gasteiger partial charge in [-0.25, -0.2) is 9.18 Å². The number of carbonyl (C=O) groups is 1. The first-order valence-electron chi connectivity index (χ1n) is 10.7. The summed E-state index contributed by atoms with van der Waals surface area (Å²) in [4.78, 5) is 15.7. The van der Waals surface area contributed by atoms with E-state index in [1.165, 1.54) is 4.90 Å². The van der Waals surface area contributed by atoms with Crippen LogP contribution in [0.15, 0.2) is 10.6 Å². The Morgan fingerprint density at radius 3 is 2.52 bits per heavy atom. The van der Waals surface area contributed by atoms with Crippen LogP contribution >= 0.6 is 0 Å². The van der Waals surface area contributed by atoms with Crippen molar-refractivity contribution in [3.63, 3.8) is 0 Å². The fraction of sp³-hybridized carbons (Fsp3) is 0.619. The summed E-state index contributed by atoms with van der Waals surface area (Å²) in [5.41, 5.74) is 0.902. The molecule has 0 saturated carbocycles. The lowest BCUT2D eigenvalue weighted by molar-refractivity contribution is -0.0445. The van der Waals surface area contributed by atoms with Crippen LogP contribution in [0, 0.1) is 5.82 Å². The molecule has 10 heteroatoms. The van der Waals surface area contributed by atoms with Crippen LogP contribution in [0.25, 0.3) is 11.0 Å². The van der Waals surface area contributed by atoms with Gasteiger partial charge in [0, 0.05) is 18.7 Å². The van der Waals surface area contributed by atoms with E-state index in [1.54, 1.807) is 6.07 Å². The Morgan fingerprint density at radius 2 is 1.87 bits per heavy atom. The predicted octanol–water partition coefficient (Wildman–Crippen LogP) is 3.36. The van der Waals surface area contributed by atoms with Crippen molar-refractivity contribution in [2.75, 3.05) is 42.6 Å². The maximum absolute atomic E-state index is 15.9. The third-order valence-electron chi connectivity index (χ3n) is 5.89. The van der Waals surface area contributed by atoms with E-state index in [1.807, 2.05) is 25.7 Å². The topological polar surface area (TPSA) is 86.5 Å². The van der Waals surface area contributed by atoms with Crippen LogP contribution in [0.4, 0.5) is 20.7 Å². The van der Waals surface area contributed by atoms with Crippen molar-refractivity contribution in [2.24, 2.45) is 0 Å². The molecule has 3 aliphatic rings. The van der Waals surface area contributed by atoms with Gasteiger partial charge < -0.3 is 28.4 Å². The third kappa shape index (κ3) is 3.52. The van der Waals surface area contributed by atoms with Gasteiger partial charge in [-0.2, -0.15) is 0 Å². The molecule has 3 aliphatic heterocycles. The summed E-state index contributed by atoms with van der Waals surface area (Å²) >= 11 is 0. The predicted molar refractivity (Wildman–Crippen MR) is 109 cm³/mol. The molecule has 3 fully saturated rings. The standard InChI is InChI=1S/C21H26FN3O6/c1-4-13-10-25(21(26)30-13)19-15-7-14(20-27-5-6-28-20)17(16(22)18(15)31-23-19)24-8-11(2)29-12(3)9-24/h7,11-13,20H,4-6,8-10H2,1-3H3/t11-,12+,13-/m0/s1. The number of carbonyl (C=O) groups excluding carboxylic acids is 1. The average molecular weight is 435 g/mol. The van der Waals surface area contributed by atoms with Gasteiger partial charge >= 0.3 is 6.09 Å². The minimum Gasteiger partial charge on any atom is -0.444 e. The number of amides is 1. The van der Waals surface area contributed by atoms with E-state index in [4.69, 9.17) is 23.5 Å². The van der Waals surface area contributed by atoms with E-state index in [2.05, 4.69) is 5.16 Å². The minimum absolute atomic E-state index is 0.00806. The van der Waals surface area contributed by atoms with Gasteiger partial charge in [-0.3, -0.25) is 4.90 Å². The molecular formula is C21H26FN3O6. The second kappa shape index (κ2) is 7.92. The molecule has 3 saturated heterocycles. The first-order valence-corrected chi connectivity index (χ1v) is 10.7. The van der Waals surface area contributed by atoms with Crippen molar-refractivity contribution in [2.45, 2.75) is 51.8 Å². The van der Waals surface area contributed by atoms with Crippen molar-refractivity contribution >= 4 is 28.6 Å². The highest BCUT2D eigenvalue weighted by Crippen LogP contribution is 2.42. The third-order valence-corrected chi connectivity index (χ3v) is 5.89. The molecule has 0 radical (unpaired) electrons. The first kappa shape index (κ1) is 20.5. The van der Waals surface area contributed by atoms with Crippen LogP contribution in [0.5, 0.6) is 0 Å². The van der Waals surface area contributed by atoms with E-state index in [0.29, 0.717) is 55.9 Å². The molecule has 2 aromatic rings. The van der Waals surface area contributed by atoms with E-state index in [9.17, 15) is 4.79 Å². The Balaban J connectivity index is 1.63. The quantitative estimate of drug-likeness (QED) is 0.723. The van der Waals surface area contributed by atoms with Gasteiger partial charge in [0.1, 0.15) is 6.10 Å². The molecule has 0 N–H and O–H groups in total. The number of anilines is 2. The molecule has 1 aromatic carbocycles. The largest absolute Gasteiger partial charge is 0.444 e. The van der Waals surface area contributed by atoms with E-state index in [0.717, 1.165) is 0 Å². The minimum atomic E-state index is -0.709. The SMILES string of the molecule is CC[C@H]1CN(c2noc3c(F)c(N4C[C@@H](C)O[C@@H](C)C4)c(C4OCCO4)cc23)C(=O)O1. The Labute approximate surface area is 178 Å². The smallest absolute Gasteiger partial charge is 0.416 e. The van der Waals surface area contributed by atoms with Crippen LogP contribution in [-0.4, -0.2) is 62.4 Å². The number of nitrogens with zero attached hydrogens (tertiary/aromatic N) is 3. The number of hydrogen-bond acceptors (Lipinski definition) is 8. The molecule has 0 unspecified atom stereocenters. The van der Waals surface area contributed by atoms with Crippen LogP contribution in [0.3, 0.4) is 0 Å². The fourth-order valence-corrected chi connectivity index (χ4v) is 4.54. The lowest BCUT2D eigenvalue weighted by Crippen LogP contribution is -2.46. The van der Waals surface area contributed by atoms with Crippen molar-refractivity contribution in [1.82, 2.24) is 5.16 Å². The lowest BCUT2D eigenvalue weighted by Gasteiger charge is -2.38. The highest BCUT2D eigenvalue weighted by Gasteiger charge is 2.37. The Morgan fingerprint density at radius 1 is 1.16 bits per heavy atom. The summed E-state index contributed by atoms with van der Waals surface area (Å²) < 4.78 is 43.9. The lowest BCUT2D eigenvalue weighted by atomic mass is 10.0. The summed E-state index contributed by atoms with van der Waals surface area (Å²) in [7, 11) is 0. The second-order valence-electron chi connectivity index (χ2n) is 8.27. The van der Waals surface area contributed by atoms with Crippen molar-refractivity contribution in [3.8, 4) is 0 Å². The monoisotopic (exact) mass is 435 g/mol. The molecule has 1 amide bonds. The average Bonchev–Trinajstić information content (AvgIpc) is 3.46. The van der Waals surface area contributed by atoms with Gasteiger partial charge in [0.05, 0.1) is 43.0 Å². The molecule has 3 atom stereocenters. The number of halogens is 1. The number of cyclic esters (lactones) is 1. The summed E-state index contributed by atoms with van der Waals surface area (Å²) in [5, 5.41) is 4.41. The zero-order valence-corrected chi connectivity index (χ0v) is 17.8. The Hall–Kier alpha value is -2.43. The number of hydrogen-bond donors (Lipinski definition) is 0. The van der Waals surface area contributed by atoms with Gasteiger partial charge in [-0.1, -0.05) is 12.1 Å². The number of benzene rings is 1. The summed E-state index contributed by atoms with van der Waals surface area (Å²) in [6.07, 6.45) is -0.906. The fourth-order valence-electron chi connectivity index (χ4n) is 4.54. The number of morpholine rings is 1. The van der Waals surface area contributed by atoms with Crippen molar-refractivity contribution < 1.29 is 32.7 Å². The van der Waals surface area contributed by atoms with Crippen molar-refractivity contribution in [1.29, 1.82) is 0 Å². The number of aromatic nitrogens is 1. The van der Waals surface area contributed by atoms with E-state index >= 15 is 4.39 Å². The highest BCUT2D eigenvalue weighted by atomic mass is 19.1. The van der Waals surface area contributed by atoms with Crippen LogP contribution in [0.2, 0.25) is 0 Å². The Bertz CT molecular complexity index is 981. The van der Waals surface area contributed by atoms with Crippen LogP contribution in [0.1, 0.15) is 39.0 Å². The van der Waals surface area contributed by atoms with E-state index < -0.39 is 18.2 Å².